The highest BCUT2D eigenvalue weighted by atomic mass is 19.4. The molecule has 6 aromatic carbocycles. The minimum absolute atomic E-state index is 0.159. The van der Waals surface area contributed by atoms with E-state index < -0.39 is 46.6 Å². The molecule has 4 atom stereocenters. The number of nitrogens with two attached hydrogens (primary N) is 2. The molecular weight excluding hydrogens is 815 g/mol. The molecule has 0 amide bonds. The van der Waals surface area contributed by atoms with Gasteiger partial charge in [0.25, 0.3) is 0 Å². The Morgan fingerprint density at radius 2 is 0.790 bits per heavy atom. The number of rotatable bonds is 4. The van der Waals surface area contributed by atoms with E-state index in [1.165, 1.54) is 73.5 Å². The molecule has 8 rings (SSSR count). The van der Waals surface area contributed by atoms with Crippen molar-refractivity contribution in [3.05, 3.63) is 189 Å². The number of fused-ring (bicyclic) bond motifs is 6. The third-order valence-corrected chi connectivity index (χ3v) is 10.6. The second-order valence-corrected chi connectivity index (χ2v) is 14.9. The van der Waals surface area contributed by atoms with Gasteiger partial charge < -0.3 is 31.9 Å². The Morgan fingerprint density at radius 3 is 1.05 bits per heavy atom. The first kappa shape index (κ1) is 46.7. The molecule has 0 radical (unpaired) electrons. The van der Waals surface area contributed by atoms with Crippen molar-refractivity contribution in [2.75, 3.05) is 0 Å². The lowest BCUT2D eigenvalue weighted by Gasteiger charge is -2.28. The summed E-state index contributed by atoms with van der Waals surface area (Å²) in [7, 11) is 0. The van der Waals surface area contributed by atoms with Gasteiger partial charge in [-0.1, -0.05) is 109 Å². The van der Waals surface area contributed by atoms with Gasteiger partial charge in [0.05, 0.1) is 11.1 Å². The third-order valence-electron chi connectivity index (χ3n) is 10.6. The molecule has 8 nitrogen and oxygen atoms in total. The van der Waals surface area contributed by atoms with Crippen molar-refractivity contribution in [1.29, 1.82) is 0 Å². The molecule has 0 fully saturated rings. The fraction of sp³-hybridized carbons (Fsp3) is 0.208. The third kappa shape index (κ3) is 8.86. The van der Waals surface area contributed by atoms with Crippen molar-refractivity contribution in [2.45, 2.75) is 63.3 Å². The van der Waals surface area contributed by atoms with E-state index in [1.807, 2.05) is 74.5 Å². The number of hydrogen-bond donors (Lipinski definition) is 6. The molecule has 324 valence electrons. The van der Waals surface area contributed by atoms with E-state index in [0.717, 1.165) is 12.1 Å². The molecule has 0 saturated heterocycles. The van der Waals surface area contributed by atoms with Gasteiger partial charge in [0.2, 0.25) is 11.2 Å². The van der Waals surface area contributed by atoms with Crippen LogP contribution in [0.2, 0.25) is 0 Å². The monoisotopic (exact) mass is 858 g/mol. The number of alkyl halides is 6. The highest BCUT2D eigenvalue weighted by molar-refractivity contribution is 5.93. The van der Waals surface area contributed by atoms with E-state index >= 15 is 0 Å². The SMILES string of the molecule is C[C@@H](N)c1ccccc1.C[C@@H](N)c1ccccc1.Cc1cc(C(=O)O)cc2c1-c1ccccc1C2(O)C(F)(F)F.Cc1cc(C(=O)O)cc2c1-c1ccccc1C2(O)C(F)(F)F. The van der Waals surface area contributed by atoms with Gasteiger partial charge in [0, 0.05) is 34.3 Å². The van der Waals surface area contributed by atoms with Gasteiger partial charge in [-0.05, 0) is 96.5 Å². The van der Waals surface area contributed by atoms with Crippen molar-refractivity contribution < 1.29 is 56.4 Å². The normalized spacial score (nSPS) is 17.8. The molecule has 2 aliphatic carbocycles. The van der Waals surface area contributed by atoms with Gasteiger partial charge in [-0.25, -0.2) is 9.59 Å². The number of aryl methyl sites for hydroxylation is 2. The Balaban J connectivity index is 0.000000169. The molecule has 8 N–H and O–H groups in total. The first-order valence-electron chi connectivity index (χ1n) is 19.1. The van der Waals surface area contributed by atoms with Crippen LogP contribution in [0.5, 0.6) is 0 Å². The molecule has 2 unspecified atom stereocenters. The summed E-state index contributed by atoms with van der Waals surface area (Å²) in [5.41, 5.74) is 7.00. The number of hydrogen-bond acceptors (Lipinski definition) is 6. The van der Waals surface area contributed by atoms with E-state index in [1.54, 1.807) is 12.1 Å². The number of benzene rings is 6. The summed E-state index contributed by atoms with van der Waals surface area (Å²) < 4.78 is 81.4. The van der Waals surface area contributed by atoms with E-state index in [9.17, 15) is 46.1 Å². The van der Waals surface area contributed by atoms with Crippen LogP contribution in [0.1, 0.15) is 91.2 Å². The quantitative estimate of drug-likeness (QED) is 0.0953. The molecule has 62 heavy (non-hydrogen) atoms. The molecule has 0 heterocycles. The predicted molar refractivity (Wildman–Crippen MR) is 223 cm³/mol. The van der Waals surface area contributed by atoms with Crippen LogP contribution in [0.25, 0.3) is 22.3 Å². The second-order valence-electron chi connectivity index (χ2n) is 14.9. The minimum Gasteiger partial charge on any atom is -0.478 e. The maximum atomic E-state index is 13.6. The Morgan fingerprint density at radius 1 is 0.500 bits per heavy atom. The lowest BCUT2D eigenvalue weighted by molar-refractivity contribution is -0.247. The molecule has 2 aliphatic rings. The van der Waals surface area contributed by atoms with Gasteiger partial charge >= 0.3 is 24.3 Å². The summed E-state index contributed by atoms with van der Waals surface area (Å²) >= 11 is 0. The molecule has 0 bridgehead atoms. The summed E-state index contributed by atoms with van der Waals surface area (Å²) in [4.78, 5) is 22.2. The molecule has 0 aliphatic heterocycles. The standard InChI is InChI=1S/2C16H11F3O3.2C8H11N/c2*1-8-6-9(14(20)21)7-12-13(8)10-4-2-3-5-11(10)15(12,22)16(17,18)19;2*1-7(9)8-5-3-2-4-6-8/h2*2-7,22H,1H3,(H,20,21);2*2-7H,9H2,1H3/t;;2*7-/m..11/s1. The Kier molecular flexibility index (Phi) is 13.5. The van der Waals surface area contributed by atoms with Crippen molar-refractivity contribution in [2.24, 2.45) is 11.5 Å². The maximum absolute atomic E-state index is 13.6. The van der Waals surface area contributed by atoms with Crippen LogP contribution in [-0.2, 0) is 11.2 Å². The largest absolute Gasteiger partial charge is 0.478 e. The van der Waals surface area contributed by atoms with Crippen LogP contribution in [0, 0.1) is 13.8 Å². The molecule has 6 aromatic rings. The van der Waals surface area contributed by atoms with E-state index in [-0.39, 0.29) is 56.6 Å². The van der Waals surface area contributed by atoms with Gasteiger partial charge in [0.1, 0.15) is 0 Å². The van der Waals surface area contributed by atoms with Gasteiger partial charge in [-0.3, -0.25) is 0 Å². The van der Waals surface area contributed by atoms with Crippen LogP contribution in [0.3, 0.4) is 0 Å². The van der Waals surface area contributed by atoms with Crippen molar-refractivity contribution in [1.82, 2.24) is 0 Å². The lowest BCUT2D eigenvalue weighted by Crippen LogP contribution is -2.41. The molecule has 14 heteroatoms. The van der Waals surface area contributed by atoms with Gasteiger partial charge in [-0.2, -0.15) is 26.3 Å². The highest BCUT2D eigenvalue weighted by Gasteiger charge is 2.62. The average molecular weight is 859 g/mol. The van der Waals surface area contributed by atoms with Gasteiger partial charge in [-0.15, -0.1) is 0 Å². The molecule has 0 aromatic heterocycles. The first-order chi connectivity index (χ1) is 29.0. The smallest absolute Gasteiger partial charge is 0.425 e. The van der Waals surface area contributed by atoms with Crippen LogP contribution in [0.4, 0.5) is 26.3 Å². The van der Waals surface area contributed by atoms with E-state index in [0.29, 0.717) is 11.1 Å². The number of aliphatic hydroxyl groups is 2. The van der Waals surface area contributed by atoms with Crippen LogP contribution in [0.15, 0.2) is 133 Å². The first-order valence-corrected chi connectivity index (χ1v) is 19.1. The zero-order valence-electron chi connectivity index (χ0n) is 33.9. The Labute approximate surface area is 353 Å². The van der Waals surface area contributed by atoms with Crippen LogP contribution < -0.4 is 11.5 Å². The zero-order chi connectivity index (χ0) is 45.9. The summed E-state index contributed by atoms with van der Waals surface area (Å²) in [5, 5.41) is 39.0. The summed E-state index contributed by atoms with van der Waals surface area (Å²) in [6.45, 7) is 7.03. The zero-order valence-corrected chi connectivity index (χ0v) is 33.9. The Bertz CT molecular complexity index is 2400. The number of halogens is 6. The fourth-order valence-corrected chi connectivity index (χ4v) is 7.55. The van der Waals surface area contributed by atoms with Gasteiger partial charge in [0.15, 0.2) is 0 Å². The maximum Gasteiger partial charge on any atom is 0.425 e. The average Bonchev–Trinajstić information content (AvgIpc) is 3.66. The van der Waals surface area contributed by atoms with Crippen molar-refractivity contribution >= 4 is 11.9 Å². The Hall–Kier alpha value is -6.32. The number of carboxylic acid groups (broad SMARTS) is 2. The highest BCUT2D eigenvalue weighted by Crippen LogP contribution is 2.57. The molecular formula is C48H44F6N2O6. The summed E-state index contributed by atoms with van der Waals surface area (Å²) in [5.74, 6) is -2.68. The second kappa shape index (κ2) is 18.0. The topological polar surface area (TPSA) is 167 Å². The lowest BCUT2D eigenvalue weighted by atomic mass is 9.89. The minimum atomic E-state index is -4.96. The van der Waals surface area contributed by atoms with Crippen molar-refractivity contribution in [3.8, 4) is 22.3 Å². The molecule has 0 saturated carbocycles. The van der Waals surface area contributed by atoms with Crippen molar-refractivity contribution in [3.63, 3.8) is 0 Å². The number of carbonyl (C=O) groups is 2. The van der Waals surface area contributed by atoms with Crippen LogP contribution >= 0.6 is 0 Å². The molecule has 0 spiro atoms. The van der Waals surface area contributed by atoms with E-state index in [2.05, 4.69) is 0 Å². The number of aromatic carboxylic acids is 2. The predicted octanol–water partition coefficient (Wildman–Crippen LogP) is 10.4. The summed E-state index contributed by atoms with van der Waals surface area (Å²) in [6, 6.07) is 36.2. The summed E-state index contributed by atoms with van der Waals surface area (Å²) in [6.07, 6.45) is -9.92. The number of carboxylic acids is 2. The fourth-order valence-electron chi connectivity index (χ4n) is 7.55. The van der Waals surface area contributed by atoms with E-state index in [4.69, 9.17) is 21.7 Å². The van der Waals surface area contributed by atoms with Crippen LogP contribution in [-0.4, -0.2) is 44.7 Å².